The van der Waals surface area contributed by atoms with E-state index in [1.807, 2.05) is 12.3 Å². The molecule has 5 heteroatoms. The minimum Gasteiger partial charge on any atom is -0.478 e. The molecule has 0 amide bonds. The molecule has 2 aromatic heterocycles. The fraction of sp³-hybridized carbons (Fsp3) is 0.250. The molecule has 0 unspecified atom stereocenters. The number of hydrogen-bond acceptors (Lipinski definition) is 3. The Hall–Kier alpha value is -2.17. The van der Waals surface area contributed by atoms with Gasteiger partial charge < -0.3 is 5.11 Å². The molecule has 1 aliphatic rings. The van der Waals surface area contributed by atoms with E-state index in [2.05, 4.69) is 10.1 Å². The largest absolute Gasteiger partial charge is 0.478 e. The van der Waals surface area contributed by atoms with Crippen LogP contribution < -0.4 is 0 Å². The molecule has 0 radical (unpaired) electrons. The van der Waals surface area contributed by atoms with Gasteiger partial charge in [0.05, 0.1) is 11.3 Å². The van der Waals surface area contributed by atoms with Crippen molar-refractivity contribution in [1.29, 1.82) is 0 Å². The summed E-state index contributed by atoms with van der Waals surface area (Å²) in [7, 11) is 0. The van der Waals surface area contributed by atoms with Crippen LogP contribution in [0.1, 0.15) is 34.8 Å². The molecule has 0 atom stereocenters. The molecule has 1 saturated carbocycles. The first kappa shape index (κ1) is 10.0. The van der Waals surface area contributed by atoms with Crippen LogP contribution in [-0.2, 0) is 0 Å². The minimum atomic E-state index is -0.969. The third kappa shape index (κ3) is 1.91. The van der Waals surface area contributed by atoms with Gasteiger partial charge in [0, 0.05) is 18.3 Å². The Labute approximate surface area is 97.7 Å². The summed E-state index contributed by atoms with van der Waals surface area (Å²) in [5.41, 5.74) is 1.28. The molecule has 2 heterocycles. The predicted molar refractivity (Wildman–Crippen MR) is 60.3 cm³/mol. The number of aromatic carboxylic acids is 1. The van der Waals surface area contributed by atoms with Crippen LogP contribution in [-0.4, -0.2) is 25.8 Å². The van der Waals surface area contributed by atoms with E-state index in [0.29, 0.717) is 11.7 Å². The van der Waals surface area contributed by atoms with Crippen molar-refractivity contribution in [3.8, 4) is 5.82 Å². The fourth-order valence-corrected chi connectivity index (χ4v) is 1.71. The first-order chi connectivity index (χ1) is 8.24. The highest BCUT2D eigenvalue weighted by atomic mass is 16.4. The Morgan fingerprint density at radius 2 is 2.18 bits per heavy atom. The van der Waals surface area contributed by atoms with Crippen molar-refractivity contribution in [3.05, 3.63) is 41.9 Å². The predicted octanol–water partition coefficient (Wildman–Crippen LogP) is 1.84. The Morgan fingerprint density at radius 3 is 2.76 bits per heavy atom. The highest BCUT2D eigenvalue weighted by molar-refractivity contribution is 5.87. The molecule has 0 spiro atoms. The third-order valence-electron chi connectivity index (χ3n) is 2.83. The molecule has 1 N–H and O–H groups in total. The van der Waals surface area contributed by atoms with Crippen LogP contribution in [0.4, 0.5) is 0 Å². The van der Waals surface area contributed by atoms with Gasteiger partial charge in [-0.25, -0.2) is 14.5 Å². The number of carboxylic acid groups (broad SMARTS) is 1. The number of carbonyl (C=O) groups is 1. The normalized spacial score (nSPS) is 14.8. The van der Waals surface area contributed by atoms with E-state index >= 15 is 0 Å². The van der Waals surface area contributed by atoms with E-state index in [4.69, 9.17) is 5.11 Å². The van der Waals surface area contributed by atoms with Crippen LogP contribution in [0.3, 0.4) is 0 Å². The Kier molecular flexibility index (Phi) is 2.18. The SMILES string of the molecule is O=C(O)c1ccc(-n2ccc(C3CC3)n2)nc1. The van der Waals surface area contributed by atoms with Crippen molar-refractivity contribution in [2.24, 2.45) is 0 Å². The molecule has 5 nitrogen and oxygen atoms in total. The number of hydrogen-bond donors (Lipinski definition) is 1. The highest BCUT2D eigenvalue weighted by Gasteiger charge is 2.25. The third-order valence-corrected chi connectivity index (χ3v) is 2.83. The van der Waals surface area contributed by atoms with Crippen molar-refractivity contribution in [1.82, 2.24) is 14.8 Å². The number of carboxylic acids is 1. The van der Waals surface area contributed by atoms with Gasteiger partial charge in [0.2, 0.25) is 0 Å². The van der Waals surface area contributed by atoms with Crippen molar-refractivity contribution in [2.45, 2.75) is 18.8 Å². The van der Waals surface area contributed by atoms with Crippen LogP contribution in [0, 0.1) is 0 Å². The Balaban J connectivity index is 1.89. The Bertz CT molecular complexity index is 555. The number of nitrogens with zero attached hydrogens (tertiary/aromatic N) is 3. The lowest BCUT2D eigenvalue weighted by Crippen LogP contribution is -2.02. The van der Waals surface area contributed by atoms with Crippen molar-refractivity contribution in [3.63, 3.8) is 0 Å². The standard InChI is InChI=1S/C12H11N3O2/c16-12(17)9-3-4-11(13-7-9)15-6-5-10(14-15)8-1-2-8/h3-8H,1-2H2,(H,16,17). The van der Waals surface area contributed by atoms with Gasteiger partial charge in [0.1, 0.15) is 0 Å². The van der Waals surface area contributed by atoms with Crippen molar-refractivity contribution in [2.75, 3.05) is 0 Å². The van der Waals surface area contributed by atoms with Crippen LogP contribution in [0.15, 0.2) is 30.6 Å². The monoisotopic (exact) mass is 229 g/mol. The summed E-state index contributed by atoms with van der Waals surface area (Å²) in [5, 5.41) is 13.2. The first-order valence-corrected chi connectivity index (χ1v) is 5.49. The zero-order chi connectivity index (χ0) is 11.8. The summed E-state index contributed by atoms with van der Waals surface area (Å²) in [6.07, 6.45) is 5.62. The molecule has 17 heavy (non-hydrogen) atoms. The van der Waals surface area contributed by atoms with E-state index in [-0.39, 0.29) is 5.56 Å². The maximum Gasteiger partial charge on any atom is 0.337 e. The minimum absolute atomic E-state index is 0.184. The molecule has 0 aliphatic heterocycles. The molecule has 0 saturated heterocycles. The van der Waals surface area contributed by atoms with Crippen molar-refractivity contribution < 1.29 is 9.90 Å². The number of pyridine rings is 1. The van der Waals surface area contributed by atoms with Gasteiger partial charge in [-0.1, -0.05) is 0 Å². The maximum atomic E-state index is 10.7. The molecule has 1 fully saturated rings. The first-order valence-electron chi connectivity index (χ1n) is 5.49. The van der Waals surface area contributed by atoms with Crippen LogP contribution in [0.25, 0.3) is 5.82 Å². The van der Waals surface area contributed by atoms with E-state index in [1.54, 1.807) is 10.7 Å². The summed E-state index contributed by atoms with van der Waals surface area (Å²) in [6.45, 7) is 0. The molecule has 1 aliphatic carbocycles. The quantitative estimate of drug-likeness (QED) is 0.872. The average molecular weight is 229 g/mol. The fourth-order valence-electron chi connectivity index (χ4n) is 1.71. The number of aromatic nitrogens is 3. The lowest BCUT2D eigenvalue weighted by Gasteiger charge is -2.00. The molecule has 2 aromatic rings. The van der Waals surface area contributed by atoms with Gasteiger partial charge in [0.25, 0.3) is 0 Å². The van der Waals surface area contributed by atoms with Crippen LogP contribution in [0.5, 0.6) is 0 Å². The summed E-state index contributed by atoms with van der Waals surface area (Å²) < 4.78 is 1.68. The van der Waals surface area contributed by atoms with Crippen LogP contribution in [0.2, 0.25) is 0 Å². The lowest BCUT2D eigenvalue weighted by atomic mass is 10.3. The molecular formula is C12H11N3O2. The van der Waals surface area contributed by atoms with Gasteiger partial charge >= 0.3 is 5.97 Å². The molecule has 86 valence electrons. The molecular weight excluding hydrogens is 218 g/mol. The Morgan fingerprint density at radius 1 is 1.35 bits per heavy atom. The van der Waals surface area contributed by atoms with E-state index < -0.39 is 5.97 Å². The molecule has 0 bridgehead atoms. The summed E-state index contributed by atoms with van der Waals surface area (Å²) in [5.74, 6) is 0.277. The van der Waals surface area contributed by atoms with Gasteiger partial charge in [-0.15, -0.1) is 0 Å². The van der Waals surface area contributed by atoms with Crippen molar-refractivity contribution >= 4 is 5.97 Å². The van der Waals surface area contributed by atoms with E-state index in [9.17, 15) is 4.79 Å². The molecule has 0 aromatic carbocycles. The van der Waals surface area contributed by atoms with Gasteiger partial charge in [-0.2, -0.15) is 5.10 Å². The zero-order valence-corrected chi connectivity index (χ0v) is 9.08. The van der Waals surface area contributed by atoms with Gasteiger partial charge in [-0.05, 0) is 31.0 Å². The summed E-state index contributed by atoms with van der Waals surface area (Å²) in [4.78, 5) is 14.8. The molecule has 3 rings (SSSR count). The topological polar surface area (TPSA) is 68.0 Å². The lowest BCUT2D eigenvalue weighted by molar-refractivity contribution is 0.0696. The second-order valence-electron chi connectivity index (χ2n) is 4.17. The summed E-state index contributed by atoms with van der Waals surface area (Å²) in [6, 6.07) is 5.18. The summed E-state index contributed by atoms with van der Waals surface area (Å²) >= 11 is 0. The van der Waals surface area contributed by atoms with E-state index in [0.717, 1.165) is 5.69 Å². The number of rotatable bonds is 3. The highest BCUT2D eigenvalue weighted by Crippen LogP contribution is 2.38. The van der Waals surface area contributed by atoms with E-state index in [1.165, 1.54) is 25.1 Å². The second kappa shape index (κ2) is 3.69. The smallest absolute Gasteiger partial charge is 0.337 e. The van der Waals surface area contributed by atoms with Crippen LogP contribution >= 0.6 is 0 Å². The average Bonchev–Trinajstić information content (AvgIpc) is 3.07. The van der Waals surface area contributed by atoms with Gasteiger partial charge in [0.15, 0.2) is 5.82 Å². The second-order valence-corrected chi connectivity index (χ2v) is 4.17. The van der Waals surface area contributed by atoms with Gasteiger partial charge in [-0.3, -0.25) is 0 Å². The zero-order valence-electron chi connectivity index (χ0n) is 9.08. The maximum absolute atomic E-state index is 10.7.